The quantitative estimate of drug-likeness (QED) is 0.251. The number of hydrogen-bond acceptors (Lipinski definition) is 0. The van der Waals surface area contributed by atoms with Crippen LogP contribution in [-0.2, 0) is 0 Å². The molecule has 0 fully saturated rings. The summed E-state index contributed by atoms with van der Waals surface area (Å²) in [5, 5.41) is 0. The van der Waals surface area contributed by atoms with Crippen LogP contribution in [0.1, 0.15) is 125 Å². The first-order valence-corrected chi connectivity index (χ1v) is 10.6. The summed E-state index contributed by atoms with van der Waals surface area (Å²) < 4.78 is 0. The van der Waals surface area contributed by atoms with Crippen LogP contribution in [0.4, 0.5) is 0 Å². The predicted molar refractivity (Wildman–Crippen MR) is 103 cm³/mol. The van der Waals surface area contributed by atoms with Crippen molar-refractivity contribution in [2.45, 2.75) is 125 Å². The SMILES string of the molecule is CCCCCCCCCCC(C)CCC(C)C(C)CCCC. The van der Waals surface area contributed by atoms with Gasteiger partial charge >= 0.3 is 0 Å². The van der Waals surface area contributed by atoms with Crippen LogP contribution in [0, 0.1) is 17.8 Å². The van der Waals surface area contributed by atoms with E-state index in [4.69, 9.17) is 0 Å². The molecule has 0 heterocycles. The molecule has 0 aromatic rings. The van der Waals surface area contributed by atoms with Gasteiger partial charge in [-0.2, -0.15) is 0 Å². The van der Waals surface area contributed by atoms with Crippen molar-refractivity contribution in [3.8, 4) is 0 Å². The predicted octanol–water partition coefficient (Wildman–Crippen LogP) is 8.40. The van der Waals surface area contributed by atoms with Crippen LogP contribution in [0.3, 0.4) is 0 Å². The van der Waals surface area contributed by atoms with E-state index in [0.29, 0.717) is 0 Å². The summed E-state index contributed by atoms with van der Waals surface area (Å²) >= 11 is 0. The van der Waals surface area contributed by atoms with Gasteiger partial charge in [0.1, 0.15) is 0 Å². The van der Waals surface area contributed by atoms with Gasteiger partial charge in [0.05, 0.1) is 0 Å². The molecule has 3 unspecified atom stereocenters. The monoisotopic (exact) mass is 310 g/mol. The summed E-state index contributed by atoms with van der Waals surface area (Å²) in [6, 6.07) is 0. The fourth-order valence-corrected chi connectivity index (χ4v) is 3.41. The van der Waals surface area contributed by atoms with Gasteiger partial charge in [0.15, 0.2) is 0 Å². The van der Waals surface area contributed by atoms with Crippen molar-refractivity contribution in [1.29, 1.82) is 0 Å². The third-order valence-corrected chi connectivity index (χ3v) is 5.65. The van der Waals surface area contributed by atoms with E-state index in [1.807, 2.05) is 0 Å². The molecule has 0 nitrogen and oxygen atoms in total. The standard InChI is InChI=1S/C22H46/c1-6-8-10-11-12-13-14-15-16-20(3)18-19-22(5)21(4)17-9-7-2/h20-22H,6-19H2,1-5H3. The molecule has 0 saturated carbocycles. The normalized spacial score (nSPS) is 15.7. The van der Waals surface area contributed by atoms with Gasteiger partial charge < -0.3 is 0 Å². The van der Waals surface area contributed by atoms with Gasteiger partial charge in [-0.3, -0.25) is 0 Å². The second kappa shape index (κ2) is 15.9. The average Bonchev–Trinajstić information content (AvgIpc) is 2.52. The Kier molecular flexibility index (Phi) is 15.9. The summed E-state index contributed by atoms with van der Waals surface area (Å²) in [6.45, 7) is 12.0. The lowest BCUT2D eigenvalue weighted by molar-refractivity contribution is 0.304. The van der Waals surface area contributed by atoms with Crippen molar-refractivity contribution in [3.63, 3.8) is 0 Å². The van der Waals surface area contributed by atoms with E-state index in [1.165, 1.54) is 89.9 Å². The van der Waals surface area contributed by atoms with Crippen LogP contribution < -0.4 is 0 Å². The van der Waals surface area contributed by atoms with E-state index < -0.39 is 0 Å². The molecule has 0 heteroatoms. The first kappa shape index (κ1) is 22.0. The van der Waals surface area contributed by atoms with Crippen molar-refractivity contribution in [1.82, 2.24) is 0 Å². The van der Waals surface area contributed by atoms with Crippen LogP contribution in [0.25, 0.3) is 0 Å². The summed E-state index contributed by atoms with van der Waals surface area (Å²) in [6.07, 6.45) is 20.2. The van der Waals surface area contributed by atoms with E-state index in [0.717, 1.165) is 17.8 Å². The molecule has 0 aromatic carbocycles. The minimum atomic E-state index is 0.924. The fraction of sp³-hybridized carbons (Fsp3) is 1.00. The fourth-order valence-electron chi connectivity index (χ4n) is 3.41. The molecule has 0 saturated heterocycles. The summed E-state index contributed by atoms with van der Waals surface area (Å²) in [7, 11) is 0. The Bertz CT molecular complexity index is 208. The van der Waals surface area contributed by atoms with Crippen LogP contribution in [0.5, 0.6) is 0 Å². The molecule has 0 radical (unpaired) electrons. The molecule has 0 aliphatic rings. The van der Waals surface area contributed by atoms with Gasteiger partial charge in [0, 0.05) is 0 Å². The summed E-state index contributed by atoms with van der Waals surface area (Å²) in [4.78, 5) is 0. The van der Waals surface area contributed by atoms with Crippen molar-refractivity contribution >= 4 is 0 Å². The summed E-state index contributed by atoms with van der Waals surface area (Å²) in [5.41, 5.74) is 0. The molecular formula is C22H46. The van der Waals surface area contributed by atoms with Gasteiger partial charge in [-0.05, 0) is 17.8 Å². The molecule has 0 N–H and O–H groups in total. The maximum Gasteiger partial charge on any atom is -0.0417 e. The second-order valence-electron chi connectivity index (χ2n) is 8.04. The molecule has 0 bridgehead atoms. The van der Waals surface area contributed by atoms with E-state index in [1.54, 1.807) is 0 Å². The number of rotatable bonds is 16. The molecule has 22 heavy (non-hydrogen) atoms. The lowest BCUT2D eigenvalue weighted by atomic mass is 9.85. The molecule has 0 spiro atoms. The topological polar surface area (TPSA) is 0 Å². The van der Waals surface area contributed by atoms with Crippen molar-refractivity contribution in [3.05, 3.63) is 0 Å². The van der Waals surface area contributed by atoms with Gasteiger partial charge in [-0.15, -0.1) is 0 Å². The molecule has 3 atom stereocenters. The largest absolute Gasteiger partial charge is 0.0654 e. The van der Waals surface area contributed by atoms with Gasteiger partial charge in [-0.1, -0.05) is 125 Å². The van der Waals surface area contributed by atoms with Crippen molar-refractivity contribution in [2.24, 2.45) is 17.8 Å². The van der Waals surface area contributed by atoms with Gasteiger partial charge in [-0.25, -0.2) is 0 Å². The third-order valence-electron chi connectivity index (χ3n) is 5.65. The summed E-state index contributed by atoms with van der Waals surface area (Å²) in [5.74, 6) is 2.80. The number of hydrogen-bond donors (Lipinski definition) is 0. The lowest BCUT2D eigenvalue weighted by Gasteiger charge is -2.21. The molecule has 0 aliphatic heterocycles. The molecule has 134 valence electrons. The molecule has 0 rings (SSSR count). The lowest BCUT2D eigenvalue weighted by Crippen LogP contribution is -2.09. The van der Waals surface area contributed by atoms with Crippen LogP contribution in [0.2, 0.25) is 0 Å². The van der Waals surface area contributed by atoms with E-state index in [2.05, 4.69) is 34.6 Å². The molecule has 0 aromatic heterocycles. The molecule has 0 aliphatic carbocycles. The first-order valence-electron chi connectivity index (χ1n) is 10.6. The molecular weight excluding hydrogens is 264 g/mol. The zero-order chi connectivity index (χ0) is 16.6. The third kappa shape index (κ3) is 13.6. The maximum absolute atomic E-state index is 2.48. The highest BCUT2D eigenvalue weighted by Gasteiger charge is 2.13. The Morgan fingerprint density at radius 2 is 0.955 bits per heavy atom. The van der Waals surface area contributed by atoms with E-state index in [-0.39, 0.29) is 0 Å². The van der Waals surface area contributed by atoms with Crippen LogP contribution >= 0.6 is 0 Å². The Morgan fingerprint density at radius 3 is 1.55 bits per heavy atom. The minimum Gasteiger partial charge on any atom is -0.0654 e. The average molecular weight is 311 g/mol. The van der Waals surface area contributed by atoms with Gasteiger partial charge in [0.25, 0.3) is 0 Å². The van der Waals surface area contributed by atoms with Crippen LogP contribution in [0.15, 0.2) is 0 Å². The zero-order valence-corrected chi connectivity index (χ0v) is 16.6. The second-order valence-corrected chi connectivity index (χ2v) is 8.04. The highest BCUT2D eigenvalue weighted by atomic mass is 14.2. The van der Waals surface area contributed by atoms with Gasteiger partial charge in [0.2, 0.25) is 0 Å². The smallest absolute Gasteiger partial charge is 0.0417 e. The highest BCUT2D eigenvalue weighted by molar-refractivity contribution is 4.65. The molecule has 0 amide bonds. The maximum atomic E-state index is 2.48. The Labute approximate surface area is 142 Å². The Hall–Kier alpha value is 0. The Balaban J connectivity index is 3.43. The zero-order valence-electron chi connectivity index (χ0n) is 16.6. The Morgan fingerprint density at radius 1 is 0.455 bits per heavy atom. The number of unbranched alkanes of at least 4 members (excludes halogenated alkanes) is 8. The minimum absolute atomic E-state index is 0.924. The van der Waals surface area contributed by atoms with Crippen molar-refractivity contribution in [2.75, 3.05) is 0 Å². The van der Waals surface area contributed by atoms with Crippen molar-refractivity contribution < 1.29 is 0 Å². The van der Waals surface area contributed by atoms with E-state index in [9.17, 15) is 0 Å². The highest BCUT2D eigenvalue weighted by Crippen LogP contribution is 2.25. The first-order chi connectivity index (χ1) is 10.6. The van der Waals surface area contributed by atoms with E-state index >= 15 is 0 Å². The van der Waals surface area contributed by atoms with Crippen LogP contribution in [-0.4, -0.2) is 0 Å².